The van der Waals surface area contributed by atoms with Gasteiger partial charge < -0.3 is 9.88 Å². The molecule has 0 saturated carbocycles. The van der Waals surface area contributed by atoms with E-state index in [0.29, 0.717) is 30.1 Å². The molecule has 2 heterocycles. The number of sulfonamides is 1. The van der Waals surface area contributed by atoms with Gasteiger partial charge in [-0.2, -0.15) is 0 Å². The van der Waals surface area contributed by atoms with Crippen molar-refractivity contribution in [2.24, 2.45) is 4.99 Å². The first-order chi connectivity index (χ1) is 15.2. The Hall–Kier alpha value is -3.39. The number of hydrogen-bond donors (Lipinski definition) is 2. The van der Waals surface area contributed by atoms with Crippen LogP contribution in [0.25, 0.3) is 5.69 Å². The molecule has 7 nitrogen and oxygen atoms in total. The average molecular weight is 451 g/mol. The number of amidine groups is 1. The zero-order valence-electron chi connectivity index (χ0n) is 18.3. The van der Waals surface area contributed by atoms with Crippen molar-refractivity contribution in [3.05, 3.63) is 77.1 Å². The van der Waals surface area contributed by atoms with Gasteiger partial charge in [0, 0.05) is 35.7 Å². The molecule has 0 unspecified atom stereocenters. The summed E-state index contributed by atoms with van der Waals surface area (Å²) in [6.45, 7) is 6.52. The van der Waals surface area contributed by atoms with Crippen molar-refractivity contribution in [1.29, 1.82) is 0 Å². The molecule has 166 valence electrons. The number of hydrogen-bond acceptors (Lipinski definition) is 4. The van der Waals surface area contributed by atoms with E-state index in [1.165, 1.54) is 12.1 Å². The van der Waals surface area contributed by atoms with E-state index in [1.54, 1.807) is 12.1 Å². The second-order valence-electron chi connectivity index (χ2n) is 7.98. The van der Waals surface area contributed by atoms with Gasteiger partial charge in [-0.3, -0.25) is 14.5 Å². The van der Waals surface area contributed by atoms with E-state index in [1.807, 2.05) is 49.6 Å². The van der Waals surface area contributed by atoms with Gasteiger partial charge in [-0.15, -0.1) is 0 Å². The monoisotopic (exact) mass is 450 g/mol. The van der Waals surface area contributed by atoms with E-state index in [-0.39, 0.29) is 10.8 Å². The van der Waals surface area contributed by atoms with Crippen LogP contribution in [-0.4, -0.2) is 31.3 Å². The SMILES string of the molecule is Cc1cccc(-n2c(C)cc(C(=O)Nc3cccc(S(=O)(=O)NC4=NCCC4)c3)c2C)c1. The Balaban J connectivity index is 1.57. The highest BCUT2D eigenvalue weighted by atomic mass is 32.2. The fourth-order valence-electron chi connectivity index (χ4n) is 3.93. The van der Waals surface area contributed by atoms with Gasteiger partial charge >= 0.3 is 0 Å². The normalized spacial score (nSPS) is 13.7. The Bertz CT molecular complexity index is 1320. The molecule has 4 rings (SSSR count). The fraction of sp³-hybridized carbons (Fsp3) is 0.250. The van der Waals surface area contributed by atoms with Crippen LogP contribution in [0.5, 0.6) is 0 Å². The minimum atomic E-state index is -3.75. The van der Waals surface area contributed by atoms with E-state index in [4.69, 9.17) is 0 Å². The zero-order chi connectivity index (χ0) is 22.9. The largest absolute Gasteiger partial charge is 0.322 e. The number of nitrogens with one attached hydrogen (secondary N) is 2. The molecule has 0 fully saturated rings. The van der Waals surface area contributed by atoms with Gasteiger partial charge in [-0.05, 0) is 69.2 Å². The first kappa shape index (κ1) is 21.8. The van der Waals surface area contributed by atoms with Crippen LogP contribution in [0.15, 0.2) is 64.5 Å². The molecular weight excluding hydrogens is 424 g/mol. The van der Waals surface area contributed by atoms with Crippen LogP contribution >= 0.6 is 0 Å². The van der Waals surface area contributed by atoms with Gasteiger partial charge in [-0.25, -0.2) is 8.42 Å². The molecule has 0 atom stereocenters. The maximum absolute atomic E-state index is 13.0. The number of nitrogens with zero attached hydrogens (tertiary/aromatic N) is 2. The van der Waals surface area contributed by atoms with E-state index in [2.05, 4.69) is 21.1 Å². The summed E-state index contributed by atoms with van der Waals surface area (Å²) in [7, 11) is -3.75. The lowest BCUT2D eigenvalue weighted by atomic mass is 10.2. The summed E-state index contributed by atoms with van der Waals surface area (Å²) in [5.74, 6) is 0.183. The Morgan fingerprint density at radius 3 is 2.53 bits per heavy atom. The van der Waals surface area contributed by atoms with Gasteiger partial charge in [0.2, 0.25) is 0 Å². The van der Waals surface area contributed by atoms with E-state index in [9.17, 15) is 13.2 Å². The smallest absolute Gasteiger partial charge is 0.262 e. The van der Waals surface area contributed by atoms with Crippen LogP contribution in [0.3, 0.4) is 0 Å². The first-order valence-corrected chi connectivity index (χ1v) is 12.0. The van der Waals surface area contributed by atoms with Gasteiger partial charge in [0.1, 0.15) is 5.84 Å². The van der Waals surface area contributed by atoms with Crippen molar-refractivity contribution < 1.29 is 13.2 Å². The first-order valence-electron chi connectivity index (χ1n) is 10.5. The number of rotatable bonds is 5. The highest BCUT2D eigenvalue weighted by Gasteiger charge is 2.20. The topological polar surface area (TPSA) is 92.6 Å². The van der Waals surface area contributed by atoms with Gasteiger partial charge in [0.05, 0.1) is 10.5 Å². The molecule has 2 N–H and O–H groups in total. The Morgan fingerprint density at radius 2 is 1.81 bits per heavy atom. The van der Waals surface area contributed by atoms with Crippen molar-refractivity contribution in [1.82, 2.24) is 9.29 Å². The second-order valence-corrected chi connectivity index (χ2v) is 9.66. The molecule has 0 spiro atoms. The fourth-order valence-corrected chi connectivity index (χ4v) is 5.07. The van der Waals surface area contributed by atoms with Gasteiger partial charge in [-0.1, -0.05) is 18.2 Å². The molecule has 32 heavy (non-hydrogen) atoms. The summed E-state index contributed by atoms with van der Waals surface area (Å²) in [6, 6.07) is 16.2. The highest BCUT2D eigenvalue weighted by Crippen LogP contribution is 2.23. The number of benzene rings is 2. The summed E-state index contributed by atoms with van der Waals surface area (Å²) < 4.78 is 29.9. The van der Waals surface area contributed by atoms with Gasteiger partial charge in [0.15, 0.2) is 0 Å². The highest BCUT2D eigenvalue weighted by molar-refractivity contribution is 7.90. The molecule has 3 aromatic rings. The number of amides is 1. The molecule has 1 amide bonds. The number of aromatic nitrogens is 1. The average Bonchev–Trinajstić information content (AvgIpc) is 3.35. The minimum absolute atomic E-state index is 0.0788. The maximum atomic E-state index is 13.0. The molecule has 0 saturated heterocycles. The summed E-state index contributed by atoms with van der Waals surface area (Å²) in [5, 5.41) is 2.83. The van der Waals surface area contributed by atoms with Crippen LogP contribution in [0.4, 0.5) is 5.69 Å². The van der Waals surface area contributed by atoms with E-state index in [0.717, 1.165) is 29.1 Å². The third-order valence-electron chi connectivity index (χ3n) is 5.46. The second kappa shape index (κ2) is 8.63. The molecule has 0 radical (unpaired) electrons. The lowest BCUT2D eigenvalue weighted by Gasteiger charge is -2.12. The molecule has 0 aliphatic carbocycles. The van der Waals surface area contributed by atoms with E-state index >= 15 is 0 Å². The van der Waals surface area contributed by atoms with Crippen molar-refractivity contribution in [2.75, 3.05) is 11.9 Å². The summed E-state index contributed by atoms with van der Waals surface area (Å²) >= 11 is 0. The summed E-state index contributed by atoms with van der Waals surface area (Å²) in [5.41, 5.74) is 4.83. The number of carbonyl (C=O) groups excluding carboxylic acids is 1. The molecule has 1 aromatic heterocycles. The summed E-state index contributed by atoms with van der Waals surface area (Å²) in [4.78, 5) is 17.3. The lowest BCUT2D eigenvalue weighted by molar-refractivity contribution is 0.102. The van der Waals surface area contributed by atoms with Crippen molar-refractivity contribution in [3.63, 3.8) is 0 Å². The Labute approximate surface area is 188 Å². The molecule has 2 aromatic carbocycles. The molecule has 0 bridgehead atoms. The van der Waals surface area contributed by atoms with Crippen molar-refractivity contribution in [2.45, 2.75) is 38.5 Å². The molecule has 8 heteroatoms. The van der Waals surface area contributed by atoms with Crippen molar-refractivity contribution in [3.8, 4) is 5.69 Å². The quantitative estimate of drug-likeness (QED) is 0.612. The summed E-state index contributed by atoms with van der Waals surface area (Å²) in [6.07, 6.45) is 1.46. The van der Waals surface area contributed by atoms with Crippen LogP contribution < -0.4 is 10.0 Å². The van der Waals surface area contributed by atoms with Crippen molar-refractivity contribution >= 4 is 27.5 Å². The van der Waals surface area contributed by atoms with Crippen LogP contribution in [0, 0.1) is 20.8 Å². The maximum Gasteiger partial charge on any atom is 0.262 e. The molecular formula is C24H26N4O3S. The predicted octanol–water partition coefficient (Wildman–Crippen LogP) is 4.13. The minimum Gasteiger partial charge on any atom is -0.322 e. The third kappa shape index (κ3) is 4.45. The number of anilines is 1. The molecule has 1 aliphatic heterocycles. The third-order valence-corrected chi connectivity index (χ3v) is 6.84. The van der Waals surface area contributed by atoms with Crippen LogP contribution in [0.1, 0.15) is 40.2 Å². The number of aliphatic imine (C=N–C) groups is 1. The van der Waals surface area contributed by atoms with Gasteiger partial charge in [0.25, 0.3) is 15.9 Å². The number of carbonyl (C=O) groups is 1. The molecule has 1 aliphatic rings. The predicted molar refractivity (Wildman–Crippen MR) is 126 cm³/mol. The van der Waals surface area contributed by atoms with Crippen LogP contribution in [-0.2, 0) is 10.0 Å². The standard InChI is InChI=1S/C24H26N4O3S/c1-16-7-4-9-20(13-16)28-17(2)14-22(18(28)3)24(29)26-19-8-5-10-21(15-19)32(30,31)27-23-11-6-12-25-23/h4-5,7-10,13-15H,6,11-12H2,1-3H3,(H,25,27)(H,26,29). The lowest BCUT2D eigenvalue weighted by Crippen LogP contribution is -2.29. The zero-order valence-corrected chi connectivity index (χ0v) is 19.2. The van der Waals surface area contributed by atoms with E-state index < -0.39 is 10.0 Å². The Morgan fingerprint density at radius 1 is 1.03 bits per heavy atom. The van der Waals surface area contributed by atoms with Crippen LogP contribution in [0.2, 0.25) is 0 Å². The Kier molecular flexibility index (Phi) is 5.88. The number of aryl methyl sites for hydroxylation is 2.